The van der Waals surface area contributed by atoms with E-state index in [9.17, 15) is 14.0 Å². The van der Waals surface area contributed by atoms with Gasteiger partial charge in [0.1, 0.15) is 17.3 Å². The van der Waals surface area contributed by atoms with Gasteiger partial charge in [0, 0.05) is 16.3 Å². The van der Waals surface area contributed by atoms with E-state index in [1.165, 1.54) is 6.07 Å². The number of carbonyl (C=O) groups is 2. The fourth-order valence-electron chi connectivity index (χ4n) is 3.56. The first-order chi connectivity index (χ1) is 15.4. The second kappa shape index (κ2) is 8.85. The maximum absolute atomic E-state index is 14.2. The number of halogens is 2. The maximum Gasteiger partial charge on any atom is 0.278 e. The van der Waals surface area contributed by atoms with Gasteiger partial charge in [-0.05, 0) is 54.4 Å². The molecule has 5 nitrogen and oxygen atoms in total. The molecule has 7 heteroatoms. The lowest BCUT2D eigenvalue weighted by atomic mass is 10.0. The fourth-order valence-corrected chi connectivity index (χ4v) is 3.79. The third-order valence-corrected chi connectivity index (χ3v) is 5.52. The van der Waals surface area contributed by atoms with Crippen LogP contribution in [0.1, 0.15) is 16.7 Å². The second-order valence-corrected chi connectivity index (χ2v) is 7.79. The van der Waals surface area contributed by atoms with Crippen LogP contribution in [0.5, 0.6) is 5.75 Å². The van der Waals surface area contributed by atoms with Crippen molar-refractivity contribution in [3.05, 3.63) is 100.0 Å². The number of carbonyl (C=O) groups excluding carboxylic acids is 2. The average Bonchev–Trinajstić information content (AvgIpc) is 3.01. The van der Waals surface area contributed by atoms with Crippen LogP contribution in [0.15, 0.2) is 72.4 Å². The Bertz CT molecular complexity index is 1240. The number of aryl methyl sites for hydroxylation is 1. The van der Waals surface area contributed by atoms with E-state index in [1.807, 2.05) is 6.92 Å². The average molecular weight is 451 g/mol. The highest BCUT2D eigenvalue weighted by atomic mass is 35.5. The van der Waals surface area contributed by atoms with Crippen molar-refractivity contribution in [2.24, 2.45) is 0 Å². The minimum Gasteiger partial charge on any atom is -0.497 e. The minimum atomic E-state index is -0.529. The van der Waals surface area contributed by atoms with E-state index in [0.717, 1.165) is 10.5 Å². The maximum atomic E-state index is 14.2. The summed E-state index contributed by atoms with van der Waals surface area (Å²) in [5, 5.41) is 3.67. The second-order valence-electron chi connectivity index (χ2n) is 7.35. The zero-order valence-electron chi connectivity index (χ0n) is 17.5. The molecule has 0 unspecified atom stereocenters. The van der Waals surface area contributed by atoms with E-state index >= 15 is 0 Å². The predicted molar refractivity (Wildman–Crippen MR) is 122 cm³/mol. The van der Waals surface area contributed by atoms with Gasteiger partial charge in [0.15, 0.2) is 0 Å². The molecule has 1 aliphatic rings. The van der Waals surface area contributed by atoms with Gasteiger partial charge < -0.3 is 10.1 Å². The molecule has 4 rings (SSSR count). The lowest BCUT2D eigenvalue weighted by molar-refractivity contribution is -0.137. The molecule has 0 saturated heterocycles. The zero-order valence-corrected chi connectivity index (χ0v) is 18.2. The smallest absolute Gasteiger partial charge is 0.278 e. The number of nitrogens with zero attached hydrogens (tertiary/aromatic N) is 1. The van der Waals surface area contributed by atoms with Crippen molar-refractivity contribution in [2.75, 3.05) is 12.4 Å². The van der Waals surface area contributed by atoms with Crippen LogP contribution in [0.25, 0.3) is 5.57 Å². The molecule has 3 aromatic carbocycles. The topological polar surface area (TPSA) is 58.6 Å². The van der Waals surface area contributed by atoms with Crippen LogP contribution in [0.3, 0.4) is 0 Å². The Labute approximate surface area is 190 Å². The lowest BCUT2D eigenvalue weighted by Crippen LogP contribution is -2.32. The number of benzene rings is 3. The van der Waals surface area contributed by atoms with Crippen molar-refractivity contribution in [3.8, 4) is 5.75 Å². The number of anilines is 1. The van der Waals surface area contributed by atoms with Gasteiger partial charge in [-0.1, -0.05) is 41.9 Å². The van der Waals surface area contributed by atoms with Gasteiger partial charge >= 0.3 is 0 Å². The molecule has 0 fully saturated rings. The summed E-state index contributed by atoms with van der Waals surface area (Å²) in [6.45, 7) is 1.68. The van der Waals surface area contributed by atoms with Crippen molar-refractivity contribution in [2.45, 2.75) is 13.5 Å². The Morgan fingerprint density at radius 3 is 2.38 bits per heavy atom. The van der Waals surface area contributed by atoms with E-state index in [-0.39, 0.29) is 23.4 Å². The summed E-state index contributed by atoms with van der Waals surface area (Å²) < 4.78 is 19.4. The van der Waals surface area contributed by atoms with Gasteiger partial charge in [-0.15, -0.1) is 0 Å². The summed E-state index contributed by atoms with van der Waals surface area (Å²) in [5.74, 6) is -0.887. The van der Waals surface area contributed by atoms with Crippen molar-refractivity contribution < 1.29 is 18.7 Å². The summed E-state index contributed by atoms with van der Waals surface area (Å²) >= 11 is 6.05. The van der Waals surface area contributed by atoms with Crippen LogP contribution in [-0.2, 0) is 16.1 Å². The largest absolute Gasteiger partial charge is 0.497 e. The number of ether oxygens (including phenoxy) is 1. The van der Waals surface area contributed by atoms with E-state index in [0.29, 0.717) is 22.0 Å². The van der Waals surface area contributed by atoms with Crippen LogP contribution < -0.4 is 10.1 Å². The molecule has 1 aliphatic heterocycles. The van der Waals surface area contributed by atoms with Crippen LogP contribution in [0, 0.1) is 12.7 Å². The number of nitrogens with one attached hydrogen (secondary N) is 1. The van der Waals surface area contributed by atoms with Crippen LogP contribution in [0.2, 0.25) is 5.02 Å². The first-order valence-electron chi connectivity index (χ1n) is 9.90. The molecule has 0 aromatic heterocycles. The van der Waals surface area contributed by atoms with Gasteiger partial charge in [-0.3, -0.25) is 14.5 Å². The molecule has 3 aromatic rings. The molecule has 1 heterocycles. The highest BCUT2D eigenvalue weighted by Crippen LogP contribution is 2.33. The van der Waals surface area contributed by atoms with Crippen molar-refractivity contribution in [1.29, 1.82) is 0 Å². The molecule has 0 spiro atoms. The SMILES string of the molecule is COc1ccc(C2=C(Nc3ccc(Cl)cc3C)C(=O)N(Cc3ccccc3F)C2=O)cc1. The third kappa shape index (κ3) is 4.09. The summed E-state index contributed by atoms with van der Waals surface area (Å²) in [6, 6.07) is 18.1. The molecule has 2 amide bonds. The van der Waals surface area contributed by atoms with Gasteiger partial charge in [0.25, 0.3) is 11.8 Å². The van der Waals surface area contributed by atoms with Gasteiger partial charge in [-0.2, -0.15) is 0 Å². The Morgan fingerprint density at radius 1 is 1.00 bits per heavy atom. The minimum absolute atomic E-state index is 0.127. The van der Waals surface area contributed by atoms with E-state index in [1.54, 1.807) is 67.8 Å². The molecule has 0 atom stereocenters. The number of imide groups is 1. The number of rotatable bonds is 6. The summed E-state index contributed by atoms with van der Waals surface area (Å²) in [6.07, 6.45) is 0. The summed E-state index contributed by atoms with van der Waals surface area (Å²) in [5.41, 5.74) is 2.60. The number of hydrogen-bond acceptors (Lipinski definition) is 4. The van der Waals surface area contributed by atoms with Crippen molar-refractivity contribution >= 4 is 34.7 Å². The Hall–Kier alpha value is -3.64. The normalized spacial score (nSPS) is 13.7. The fraction of sp³-hybridized carbons (Fsp3) is 0.120. The molecular weight excluding hydrogens is 431 g/mol. The monoisotopic (exact) mass is 450 g/mol. The first kappa shape index (κ1) is 21.6. The zero-order chi connectivity index (χ0) is 22.8. The Balaban J connectivity index is 1.77. The third-order valence-electron chi connectivity index (χ3n) is 5.28. The molecule has 162 valence electrons. The molecular formula is C25H20ClFN2O3. The van der Waals surface area contributed by atoms with E-state index < -0.39 is 17.6 Å². The Kier molecular flexibility index (Phi) is 5.97. The number of amides is 2. The first-order valence-corrected chi connectivity index (χ1v) is 10.3. The van der Waals surface area contributed by atoms with E-state index in [2.05, 4.69) is 5.32 Å². The molecule has 0 radical (unpaired) electrons. The van der Waals surface area contributed by atoms with Crippen molar-refractivity contribution in [1.82, 2.24) is 4.90 Å². The molecule has 1 N–H and O–H groups in total. The molecule has 0 bridgehead atoms. The highest BCUT2D eigenvalue weighted by molar-refractivity contribution is 6.36. The van der Waals surface area contributed by atoms with Crippen LogP contribution in [0.4, 0.5) is 10.1 Å². The molecule has 0 aliphatic carbocycles. The molecule has 32 heavy (non-hydrogen) atoms. The summed E-state index contributed by atoms with van der Waals surface area (Å²) in [7, 11) is 1.55. The highest BCUT2D eigenvalue weighted by Gasteiger charge is 2.39. The van der Waals surface area contributed by atoms with Crippen LogP contribution in [-0.4, -0.2) is 23.8 Å². The van der Waals surface area contributed by atoms with Gasteiger partial charge in [0.05, 0.1) is 19.2 Å². The van der Waals surface area contributed by atoms with Crippen molar-refractivity contribution in [3.63, 3.8) is 0 Å². The quantitative estimate of drug-likeness (QED) is 0.525. The predicted octanol–water partition coefficient (Wildman–Crippen LogP) is 5.19. The van der Waals surface area contributed by atoms with E-state index in [4.69, 9.17) is 16.3 Å². The summed E-state index contributed by atoms with van der Waals surface area (Å²) in [4.78, 5) is 27.7. The van der Waals surface area contributed by atoms with Gasteiger partial charge in [-0.25, -0.2) is 4.39 Å². The lowest BCUT2D eigenvalue weighted by Gasteiger charge is -2.16. The number of methoxy groups -OCH3 is 1. The standard InChI is InChI=1S/C25H20ClFN2O3/c1-15-13-18(26)9-12-21(15)28-23-22(16-7-10-19(32-2)11-8-16)24(30)29(25(23)31)14-17-5-3-4-6-20(17)27/h3-13,28H,14H2,1-2H3. The molecule has 0 saturated carbocycles. The van der Waals surface area contributed by atoms with Crippen LogP contribution >= 0.6 is 11.6 Å². The van der Waals surface area contributed by atoms with Gasteiger partial charge in [0.2, 0.25) is 0 Å². The number of hydrogen-bond donors (Lipinski definition) is 1. The Morgan fingerprint density at radius 2 is 1.72 bits per heavy atom.